The number of amidine groups is 1. The molecule has 288 valence electrons. The fourth-order valence-electron chi connectivity index (χ4n) is 5.74. The molecule has 2 aliphatic heterocycles. The van der Waals surface area contributed by atoms with Crippen LogP contribution in [0.1, 0.15) is 88.2 Å². The van der Waals surface area contributed by atoms with Crippen molar-refractivity contribution in [3.63, 3.8) is 0 Å². The summed E-state index contributed by atoms with van der Waals surface area (Å²) in [7, 11) is 0. The second-order valence-corrected chi connectivity index (χ2v) is 14.0. The molecule has 2 amide bonds. The van der Waals surface area contributed by atoms with Crippen molar-refractivity contribution in [1.29, 1.82) is 5.41 Å². The molecule has 0 spiro atoms. The molecular weight excluding hydrogens is 701 g/mol. The second-order valence-electron chi connectivity index (χ2n) is 12.7. The van der Waals surface area contributed by atoms with Crippen LogP contribution in [0.15, 0.2) is 48.5 Å². The van der Waals surface area contributed by atoms with Gasteiger partial charge in [0.15, 0.2) is 0 Å². The standard InChI is InChI=1S/C35H50N4O5S.C2HF3O2/c36-34(37)27-15-19-29(20-16-27)43-23-10-6-4-2-1-3-5-9-22-42-28-17-13-26(14-18-28)21-24-44-32(40)12-8-7-11-31-33-30(25-45-31)38-35(41)39-33;3-2(4,5)1(6)7/h13-20,30-31,33H,1-12,21-25H2,(H3,36,37)(H2,38,39,41);(H,6,7). The first kappa shape index (κ1) is 42.3. The number of benzene rings is 2. The van der Waals surface area contributed by atoms with Crippen molar-refractivity contribution in [3.8, 4) is 11.5 Å². The first-order chi connectivity index (χ1) is 24.9. The first-order valence-electron chi connectivity index (χ1n) is 17.9. The molecule has 0 bridgehead atoms. The maximum Gasteiger partial charge on any atom is 0.490 e. The molecule has 52 heavy (non-hydrogen) atoms. The van der Waals surface area contributed by atoms with Crippen molar-refractivity contribution in [2.24, 2.45) is 5.73 Å². The lowest BCUT2D eigenvalue weighted by Gasteiger charge is -2.16. The number of carbonyl (C=O) groups is 3. The Kier molecular flexibility index (Phi) is 18.5. The average molecular weight is 753 g/mol. The van der Waals surface area contributed by atoms with Crippen molar-refractivity contribution >= 4 is 35.6 Å². The number of amides is 2. The number of urea groups is 1. The number of fused-ring (bicyclic) bond motifs is 1. The maximum absolute atomic E-state index is 12.1. The van der Waals surface area contributed by atoms with Crippen LogP contribution < -0.4 is 25.8 Å². The molecule has 2 aromatic carbocycles. The van der Waals surface area contributed by atoms with Crippen LogP contribution in [0.3, 0.4) is 0 Å². The van der Waals surface area contributed by atoms with E-state index in [1.807, 2.05) is 60.3 Å². The number of halogens is 3. The minimum atomic E-state index is -5.08. The van der Waals surface area contributed by atoms with Gasteiger partial charge in [-0.1, -0.05) is 57.1 Å². The van der Waals surface area contributed by atoms with E-state index in [1.54, 1.807) is 0 Å². The Morgan fingerprint density at radius 3 is 1.90 bits per heavy atom. The summed E-state index contributed by atoms with van der Waals surface area (Å²) < 4.78 is 48.9. The molecule has 0 radical (unpaired) electrons. The summed E-state index contributed by atoms with van der Waals surface area (Å²) in [4.78, 5) is 32.5. The lowest BCUT2D eigenvalue weighted by molar-refractivity contribution is -0.192. The van der Waals surface area contributed by atoms with E-state index in [0.29, 0.717) is 30.3 Å². The lowest BCUT2D eigenvalue weighted by atomic mass is 10.0. The van der Waals surface area contributed by atoms with Crippen LogP contribution in [-0.2, 0) is 20.7 Å². The van der Waals surface area contributed by atoms with E-state index in [4.69, 9.17) is 35.3 Å². The Labute approximate surface area is 307 Å². The highest BCUT2D eigenvalue weighted by atomic mass is 32.2. The highest BCUT2D eigenvalue weighted by Crippen LogP contribution is 2.33. The predicted molar refractivity (Wildman–Crippen MR) is 194 cm³/mol. The molecule has 2 aliphatic rings. The Balaban J connectivity index is 0.000000944. The maximum atomic E-state index is 12.1. The van der Waals surface area contributed by atoms with Crippen LogP contribution in [0.5, 0.6) is 11.5 Å². The van der Waals surface area contributed by atoms with Crippen LogP contribution in [0.25, 0.3) is 0 Å². The highest BCUT2D eigenvalue weighted by molar-refractivity contribution is 8.00. The zero-order valence-corrected chi connectivity index (χ0v) is 30.2. The number of nitrogens with two attached hydrogens (primary N) is 1. The molecule has 0 saturated carbocycles. The minimum Gasteiger partial charge on any atom is -0.494 e. The van der Waals surface area contributed by atoms with Gasteiger partial charge in [0.1, 0.15) is 17.3 Å². The fraction of sp³-hybridized carbons (Fsp3) is 0.568. The molecule has 2 fully saturated rings. The van der Waals surface area contributed by atoms with Crippen LogP contribution in [0, 0.1) is 5.41 Å². The number of carboxylic acids is 1. The van der Waals surface area contributed by atoms with Gasteiger partial charge in [-0.2, -0.15) is 24.9 Å². The molecule has 0 aliphatic carbocycles. The zero-order chi connectivity index (χ0) is 37.8. The van der Waals surface area contributed by atoms with Gasteiger partial charge in [-0.05, 0) is 67.6 Å². The van der Waals surface area contributed by atoms with Gasteiger partial charge in [0.05, 0.1) is 31.9 Å². The van der Waals surface area contributed by atoms with E-state index in [0.717, 1.165) is 68.1 Å². The number of aliphatic carboxylic acids is 1. The van der Waals surface area contributed by atoms with Gasteiger partial charge in [-0.25, -0.2) is 9.59 Å². The quantitative estimate of drug-likeness (QED) is 0.0279. The number of nitrogen functional groups attached to an aromatic ring is 1. The number of alkyl halides is 3. The Hall–Kier alpha value is -4.14. The molecular formula is C37H51F3N4O7S. The summed E-state index contributed by atoms with van der Waals surface area (Å²) in [5.41, 5.74) is 7.32. The molecule has 6 N–H and O–H groups in total. The third-order valence-corrected chi connectivity index (χ3v) is 10.1. The summed E-state index contributed by atoms with van der Waals surface area (Å²) in [6.45, 7) is 1.84. The molecule has 2 heterocycles. The van der Waals surface area contributed by atoms with Crippen LogP contribution in [0.4, 0.5) is 18.0 Å². The first-order valence-corrected chi connectivity index (χ1v) is 18.9. The van der Waals surface area contributed by atoms with Crippen LogP contribution in [0.2, 0.25) is 0 Å². The number of nitrogens with one attached hydrogen (secondary N) is 3. The number of carboxylic acid groups (broad SMARTS) is 1. The van der Waals surface area contributed by atoms with Gasteiger partial charge in [0.25, 0.3) is 0 Å². The van der Waals surface area contributed by atoms with E-state index in [9.17, 15) is 22.8 Å². The number of carbonyl (C=O) groups excluding carboxylic acids is 2. The third-order valence-electron chi connectivity index (χ3n) is 8.62. The van der Waals surface area contributed by atoms with Crippen molar-refractivity contribution in [2.75, 3.05) is 25.6 Å². The molecule has 2 saturated heterocycles. The van der Waals surface area contributed by atoms with Gasteiger partial charge in [-0.15, -0.1) is 0 Å². The van der Waals surface area contributed by atoms with E-state index in [1.165, 1.54) is 38.5 Å². The SMILES string of the molecule is N=C(N)c1ccc(OCCCCCCCCCCOc2ccc(CCOC(=O)CCCCC3SCC4NC(=O)NC43)cc2)cc1.O=C(O)C(F)(F)F. The fourth-order valence-corrected chi connectivity index (χ4v) is 7.28. The van der Waals surface area contributed by atoms with Crippen LogP contribution >= 0.6 is 11.8 Å². The third kappa shape index (κ3) is 16.5. The monoisotopic (exact) mass is 752 g/mol. The van der Waals surface area contributed by atoms with Crippen LogP contribution in [-0.4, -0.2) is 78.0 Å². The van der Waals surface area contributed by atoms with E-state index < -0.39 is 12.1 Å². The number of esters is 1. The number of thioether (sulfide) groups is 1. The molecule has 3 unspecified atom stereocenters. The summed E-state index contributed by atoms with van der Waals surface area (Å²) >= 11 is 1.91. The largest absolute Gasteiger partial charge is 0.494 e. The summed E-state index contributed by atoms with van der Waals surface area (Å²) in [6, 6.07) is 15.9. The van der Waals surface area contributed by atoms with E-state index in [-0.39, 0.29) is 29.9 Å². The molecule has 2 aromatic rings. The number of hydrogen-bond acceptors (Lipinski definition) is 8. The topological polar surface area (TPSA) is 173 Å². The highest BCUT2D eigenvalue weighted by Gasteiger charge is 2.42. The van der Waals surface area contributed by atoms with E-state index in [2.05, 4.69) is 10.6 Å². The minimum absolute atomic E-state index is 0.0544. The number of unbranched alkanes of at least 4 members (excludes halogenated alkanes) is 8. The smallest absolute Gasteiger partial charge is 0.490 e. The number of ether oxygens (including phenoxy) is 3. The summed E-state index contributed by atoms with van der Waals surface area (Å²) in [6.07, 6.45) is 8.29. The average Bonchev–Trinajstić information content (AvgIpc) is 3.66. The molecule has 11 nitrogen and oxygen atoms in total. The van der Waals surface area contributed by atoms with Gasteiger partial charge in [-0.3, -0.25) is 10.2 Å². The number of rotatable bonds is 22. The molecule has 4 rings (SSSR count). The molecule has 3 atom stereocenters. The number of hydrogen-bond donors (Lipinski definition) is 5. The van der Waals surface area contributed by atoms with Crippen molar-refractivity contribution in [3.05, 3.63) is 59.7 Å². The predicted octanol–water partition coefficient (Wildman–Crippen LogP) is 6.99. The van der Waals surface area contributed by atoms with Crippen molar-refractivity contribution < 1.29 is 46.9 Å². The molecule has 15 heteroatoms. The van der Waals surface area contributed by atoms with Gasteiger partial charge >= 0.3 is 24.1 Å². The summed E-state index contributed by atoms with van der Waals surface area (Å²) in [5.74, 6) is -0.147. The Morgan fingerprint density at radius 2 is 1.37 bits per heavy atom. The second kappa shape index (κ2) is 22.7. The normalized spacial score (nSPS) is 17.6. The van der Waals surface area contributed by atoms with Gasteiger partial charge in [0, 0.05) is 29.4 Å². The van der Waals surface area contributed by atoms with Crippen molar-refractivity contribution in [1.82, 2.24) is 10.6 Å². The Morgan fingerprint density at radius 1 is 0.827 bits per heavy atom. The summed E-state index contributed by atoms with van der Waals surface area (Å²) in [5, 5.41) is 21.0. The zero-order valence-electron chi connectivity index (χ0n) is 29.4. The van der Waals surface area contributed by atoms with Gasteiger partial charge in [0.2, 0.25) is 0 Å². The van der Waals surface area contributed by atoms with Gasteiger partial charge < -0.3 is 35.7 Å². The lowest BCUT2D eigenvalue weighted by Crippen LogP contribution is -2.36. The molecule has 0 aromatic heterocycles. The van der Waals surface area contributed by atoms with Crippen molar-refractivity contribution in [2.45, 2.75) is 107 Å². The van der Waals surface area contributed by atoms with E-state index >= 15 is 0 Å². The Bertz CT molecular complexity index is 1400.